The van der Waals surface area contributed by atoms with Crippen LogP contribution >= 0.6 is 11.6 Å². The van der Waals surface area contributed by atoms with E-state index in [0.717, 1.165) is 22.5 Å². The minimum atomic E-state index is 0.551. The standard InChI is InChI=1S/C18H18ClN3O/c1-12-7-13(2)9-15(8-12)23-6-5-20-18-16-10-14(19)3-4-17(16)21-11-22-18/h3-4,7-11H,5-6H2,1-2H3,(H,20,21,22). The number of ether oxygens (including phenoxy) is 1. The molecule has 23 heavy (non-hydrogen) atoms. The van der Waals surface area contributed by atoms with Gasteiger partial charge in [-0.3, -0.25) is 0 Å². The number of aryl methyl sites for hydroxylation is 2. The Morgan fingerprint density at radius 2 is 1.83 bits per heavy atom. The fourth-order valence-corrected chi connectivity index (χ4v) is 2.70. The van der Waals surface area contributed by atoms with E-state index >= 15 is 0 Å². The van der Waals surface area contributed by atoms with Crippen molar-refractivity contribution in [1.82, 2.24) is 9.97 Å². The third-order valence-corrected chi connectivity index (χ3v) is 3.69. The van der Waals surface area contributed by atoms with Gasteiger partial charge in [0.25, 0.3) is 0 Å². The highest BCUT2D eigenvalue weighted by molar-refractivity contribution is 6.31. The molecule has 0 radical (unpaired) electrons. The molecule has 5 heteroatoms. The summed E-state index contributed by atoms with van der Waals surface area (Å²) >= 11 is 6.05. The van der Waals surface area contributed by atoms with Gasteiger partial charge in [-0.2, -0.15) is 0 Å². The summed E-state index contributed by atoms with van der Waals surface area (Å²) in [5.41, 5.74) is 3.26. The lowest BCUT2D eigenvalue weighted by atomic mass is 10.1. The average Bonchev–Trinajstić information content (AvgIpc) is 2.51. The number of rotatable bonds is 5. The van der Waals surface area contributed by atoms with Crippen molar-refractivity contribution in [2.75, 3.05) is 18.5 Å². The van der Waals surface area contributed by atoms with E-state index in [0.29, 0.717) is 18.2 Å². The molecule has 0 unspecified atom stereocenters. The minimum absolute atomic E-state index is 0.551. The van der Waals surface area contributed by atoms with Crippen molar-refractivity contribution in [3.05, 3.63) is 58.9 Å². The molecule has 0 aliphatic heterocycles. The lowest BCUT2D eigenvalue weighted by Gasteiger charge is -2.11. The molecule has 118 valence electrons. The van der Waals surface area contributed by atoms with Gasteiger partial charge >= 0.3 is 0 Å². The zero-order valence-corrected chi connectivity index (χ0v) is 13.9. The number of halogens is 1. The van der Waals surface area contributed by atoms with E-state index in [4.69, 9.17) is 16.3 Å². The van der Waals surface area contributed by atoms with E-state index in [2.05, 4.69) is 35.2 Å². The Balaban J connectivity index is 1.64. The van der Waals surface area contributed by atoms with Crippen molar-refractivity contribution in [1.29, 1.82) is 0 Å². The van der Waals surface area contributed by atoms with Gasteiger partial charge in [-0.25, -0.2) is 9.97 Å². The van der Waals surface area contributed by atoms with E-state index < -0.39 is 0 Å². The smallest absolute Gasteiger partial charge is 0.137 e. The SMILES string of the molecule is Cc1cc(C)cc(OCCNc2ncnc3ccc(Cl)cc23)c1. The number of hydrogen-bond acceptors (Lipinski definition) is 4. The molecule has 0 bridgehead atoms. The zero-order valence-electron chi connectivity index (χ0n) is 13.1. The van der Waals surface area contributed by atoms with Crippen LogP contribution in [0.5, 0.6) is 5.75 Å². The quantitative estimate of drug-likeness (QED) is 0.706. The molecule has 0 spiro atoms. The number of nitrogens with one attached hydrogen (secondary N) is 1. The molecule has 3 rings (SSSR count). The summed E-state index contributed by atoms with van der Waals surface area (Å²) in [6.45, 7) is 5.32. The van der Waals surface area contributed by atoms with Crippen LogP contribution in [0, 0.1) is 13.8 Å². The number of benzene rings is 2. The first-order valence-electron chi connectivity index (χ1n) is 7.47. The molecule has 4 nitrogen and oxygen atoms in total. The van der Waals surface area contributed by atoms with Gasteiger partial charge in [0.05, 0.1) is 12.1 Å². The number of fused-ring (bicyclic) bond motifs is 1. The monoisotopic (exact) mass is 327 g/mol. The lowest BCUT2D eigenvalue weighted by Crippen LogP contribution is -2.12. The topological polar surface area (TPSA) is 47.0 Å². The predicted octanol–water partition coefficient (Wildman–Crippen LogP) is 4.39. The Kier molecular flexibility index (Phi) is 4.63. The Bertz CT molecular complexity index is 815. The second-order valence-corrected chi connectivity index (χ2v) is 5.92. The van der Waals surface area contributed by atoms with E-state index in [1.165, 1.54) is 11.1 Å². The summed E-state index contributed by atoms with van der Waals surface area (Å²) in [6.07, 6.45) is 1.54. The Labute approximate surface area is 140 Å². The van der Waals surface area contributed by atoms with E-state index in [1.807, 2.05) is 30.3 Å². The van der Waals surface area contributed by atoms with Crippen molar-refractivity contribution in [2.45, 2.75) is 13.8 Å². The first-order chi connectivity index (χ1) is 11.1. The Morgan fingerprint density at radius 3 is 2.61 bits per heavy atom. The minimum Gasteiger partial charge on any atom is -0.492 e. The van der Waals surface area contributed by atoms with E-state index in [1.54, 1.807) is 6.33 Å². The van der Waals surface area contributed by atoms with Crippen LogP contribution in [-0.2, 0) is 0 Å². The van der Waals surface area contributed by atoms with Crippen LogP contribution in [0.2, 0.25) is 5.02 Å². The molecule has 1 aromatic heterocycles. The highest BCUT2D eigenvalue weighted by Crippen LogP contribution is 2.23. The highest BCUT2D eigenvalue weighted by Gasteiger charge is 2.04. The van der Waals surface area contributed by atoms with Crippen LogP contribution in [-0.4, -0.2) is 23.1 Å². The maximum absolute atomic E-state index is 6.05. The van der Waals surface area contributed by atoms with Gasteiger partial charge in [-0.05, 0) is 55.3 Å². The second-order valence-electron chi connectivity index (χ2n) is 5.48. The van der Waals surface area contributed by atoms with Gasteiger partial charge in [-0.1, -0.05) is 17.7 Å². The molecule has 0 atom stereocenters. The van der Waals surface area contributed by atoms with Gasteiger partial charge in [0.15, 0.2) is 0 Å². The zero-order chi connectivity index (χ0) is 16.2. The van der Waals surface area contributed by atoms with Crippen molar-refractivity contribution < 1.29 is 4.74 Å². The highest BCUT2D eigenvalue weighted by atomic mass is 35.5. The molecule has 0 aliphatic carbocycles. The van der Waals surface area contributed by atoms with Crippen LogP contribution in [0.25, 0.3) is 10.9 Å². The molecule has 0 fully saturated rings. The summed E-state index contributed by atoms with van der Waals surface area (Å²) in [5.74, 6) is 1.65. The molecule has 3 aromatic rings. The van der Waals surface area contributed by atoms with Gasteiger partial charge in [0, 0.05) is 10.4 Å². The van der Waals surface area contributed by atoms with Crippen molar-refractivity contribution in [3.8, 4) is 5.75 Å². The summed E-state index contributed by atoms with van der Waals surface area (Å²) in [6, 6.07) is 11.8. The van der Waals surface area contributed by atoms with Gasteiger partial charge in [0.2, 0.25) is 0 Å². The van der Waals surface area contributed by atoms with Crippen molar-refractivity contribution in [2.24, 2.45) is 0 Å². The van der Waals surface area contributed by atoms with Crippen LogP contribution in [0.15, 0.2) is 42.7 Å². The normalized spacial score (nSPS) is 10.7. The van der Waals surface area contributed by atoms with Crippen LogP contribution < -0.4 is 10.1 Å². The van der Waals surface area contributed by atoms with Crippen molar-refractivity contribution in [3.63, 3.8) is 0 Å². The maximum Gasteiger partial charge on any atom is 0.137 e. The molecule has 0 amide bonds. The number of anilines is 1. The molecule has 1 N–H and O–H groups in total. The number of hydrogen-bond donors (Lipinski definition) is 1. The van der Waals surface area contributed by atoms with E-state index in [9.17, 15) is 0 Å². The molecule has 0 saturated heterocycles. The van der Waals surface area contributed by atoms with Crippen molar-refractivity contribution >= 4 is 28.3 Å². The fraction of sp³-hybridized carbons (Fsp3) is 0.222. The second kappa shape index (κ2) is 6.84. The summed E-state index contributed by atoms with van der Waals surface area (Å²) in [4.78, 5) is 8.52. The third kappa shape index (κ3) is 3.90. The molecule has 0 aliphatic rings. The molecular weight excluding hydrogens is 310 g/mol. The first kappa shape index (κ1) is 15.6. The molecular formula is C18H18ClN3O. The Morgan fingerprint density at radius 1 is 1.04 bits per heavy atom. The molecule has 0 saturated carbocycles. The first-order valence-corrected chi connectivity index (χ1v) is 7.85. The van der Waals surface area contributed by atoms with Gasteiger partial charge < -0.3 is 10.1 Å². The fourth-order valence-electron chi connectivity index (χ4n) is 2.52. The maximum atomic E-state index is 6.05. The number of nitrogens with zero attached hydrogens (tertiary/aromatic N) is 2. The molecule has 2 aromatic carbocycles. The Hall–Kier alpha value is -2.33. The average molecular weight is 328 g/mol. The summed E-state index contributed by atoms with van der Waals surface area (Å²) < 4.78 is 5.79. The van der Waals surface area contributed by atoms with Crippen LogP contribution in [0.1, 0.15) is 11.1 Å². The largest absolute Gasteiger partial charge is 0.492 e. The van der Waals surface area contributed by atoms with Gasteiger partial charge in [0.1, 0.15) is 24.5 Å². The lowest BCUT2D eigenvalue weighted by molar-refractivity contribution is 0.332. The third-order valence-electron chi connectivity index (χ3n) is 3.46. The van der Waals surface area contributed by atoms with E-state index in [-0.39, 0.29) is 0 Å². The number of aromatic nitrogens is 2. The van der Waals surface area contributed by atoms with Crippen LogP contribution in [0.3, 0.4) is 0 Å². The predicted molar refractivity (Wildman–Crippen MR) is 94.4 cm³/mol. The summed E-state index contributed by atoms with van der Waals surface area (Å²) in [7, 11) is 0. The molecule has 1 heterocycles. The summed E-state index contributed by atoms with van der Waals surface area (Å²) in [5, 5.41) is 4.86. The van der Waals surface area contributed by atoms with Gasteiger partial charge in [-0.15, -0.1) is 0 Å². The van der Waals surface area contributed by atoms with Crippen LogP contribution in [0.4, 0.5) is 5.82 Å².